The van der Waals surface area contributed by atoms with Crippen molar-refractivity contribution in [2.45, 2.75) is 6.42 Å². The molecule has 1 aliphatic rings. The van der Waals surface area contributed by atoms with Crippen molar-refractivity contribution < 1.29 is 4.79 Å². The third kappa shape index (κ3) is 1.46. The Labute approximate surface area is 59.9 Å². The van der Waals surface area contributed by atoms with E-state index >= 15 is 0 Å². The maximum Gasteiger partial charge on any atom is 0.216 e. The molecule has 1 rings (SSSR count). The summed E-state index contributed by atoms with van der Waals surface area (Å²) in [7, 11) is 1.68. The van der Waals surface area contributed by atoms with Crippen LogP contribution < -0.4 is 5.32 Å². The minimum absolute atomic E-state index is 0.682. The molecule has 1 amide bonds. The first-order chi connectivity index (χ1) is 4.84. The molecular formula is C6H11N3O. The summed E-state index contributed by atoms with van der Waals surface area (Å²) in [5.41, 5.74) is 0. The average Bonchev–Trinajstić information content (AvgIpc) is 2.05. The Balaban J connectivity index is 2.52. The van der Waals surface area contributed by atoms with Gasteiger partial charge in [-0.2, -0.15) is 0 Å². The number of amides is 1. The lowest BCUT2D eigenvalue weighted by molar-refractivity contribution is -0.114. The molecule has 0 atom stereocenters. The van der Waals surface area contributed by atoms with Crippen molar-refractivity contribution in [1.82, 2.24) is 10.2 Å². The lowest BCUT2D eigenvalue weighted by Crippen LogP contribution is -2.41. The lowest BCUT2D eigenvalue weighted by atomic mass is 10.4. The highest BCUT2D eigenvalue weighted by Crippen LogP contribution is 1.90. The topological polar surface area (TPSA) is 44.7 Å². The van der Waals surface area contributed by atoms with Crippen LogP contribution in [0.1, 0.15) is 6.42 Å². The molecule has 0 fully saturated rings. The molecule has 0 spiro atoms. The predicted octanol–water partition coefficient (Wildman–Crippen LogP) is -0.576. The fourth-order valence-corrected chi connectivity index (χ4v) is 0.806. The van der Waals surface area contributed by atoms with E-state index in [1.807, 2.05) is 0 Å². The molecule has 0 unspecified atom stereocenters. The van der Waals surface area contributed by atoms with Crippen LogP contribution in [0.3, 0.4) is 0 Å². The highest BCUT2D eigenvalue weighted by atomic mass is 16.1. The van der Waals surface area contributed by atoms with Crippen LogP contribution in [0.4, 0.5) is 0 Å². The van der Waals surface area contributed by atoms with Crippen LogP contribution in [-0.2, 0) is 4.79 Å². The number of aliphatic imine (C=N–C) groups is 1. The minimum atomic E-state index is 0.682. The summed E-state index contributed by atoms with van der Waals surface area (Å²) in [5, 5.41) is 3.01. The molecule has 0 aromatic heterocycles. The number of guanidine groups is 1. The zero-order valence-electron chi connectivity index (χ0n) is 6.00. The van der Waals surface area contributed by atoms with Crippen LogP contribution in [0.15, 0.2) is 4.99 Å². The standard InChI is InChI=1S/C6H11N3O/c1-9(5-10)6-7-3-2-4-8-6/h5H,2-4H2,1H3,(H,7,8). The summed E-state index contributed by atoms with van der Waals surface area (Å²) < 4.78 is 0. The third-order valence-corrected chi connectivity index (χ3v) is 1.37. The fraction of sp³-hybridized carbons (Fsp3) is 0.667. The van der Waals surface area contributed by atoms with Gasteiger partial charge in [0.05, 0.1) is 0 Å². The van der Waals surface area contributed by atoms with Gasteiger partial charge in [0.1, 0.15) is 0 Å². The molecule has 10 heavy (non-hydrogen) atoms. The summed E-state index contributed by atoms with van der Waals surface area (Å²) in [6.45, 7) is 1.73. The van der Waals surface area contributed by atoms with E-state index < -0.39 is 0 Å². The van der Waals surface area contributed by atoms with Crippen LogP contribution in [0.25, 0.3) is 0 Å². The van der Waals surface area contributed by atoms with Gasteiger partial charge in [-0.1, -0.05) is 0 Å². The summed E-state index contributed by atoms with van der Waals surface area (Å²) in [5.74, 6) is 0.682. The van der Waals surface area contributed by atoms with E-state index in [-0.39, 0.29) is 0 Å². The molecule has 0 bridgehead atoms. The van der Waals surface area contributed by atoms with Gasteiger partial charge in [0, 0.05) is 20.1 Å². The first-order valence-electron chi connectivity index (χ1n) is 3.31. The molecule has 56 valence electrons. The predicted molar refractivity (Wildman–Crippen MR) is 38.7 cm³/mol. The minimum Gasteiger partial charge on any atom is -0.356 e. The van der Waals surface area contributed by atoms with Crippen molar-refractivity contribution in [1.29, 1.82) is 0 Å². The van der Waals surface area contributed by atoms with Gasteiger partial charge in [-0.25, -0.2) is 0 Å². The smallest absolute Gasteiger partial charge is 0.216 e. The van der Waals surface area contributed by atoms with Crippen LogP contribution in [0, 0.1) is 0 Å². The van der Waals surface area contributed by atoms with Crippen LogP contribution >= 0.6 is 0 Å². The Kier molecular flexibility index (Phi) is 2.25. The zero-order chi connectivity index (χ0) is 7.40. The van der Waals surface area contributed by atoms with Crippen molar-refractivity contribution in [3.05, 3.63) is 0 Å². The number of rotatable bonds is 1. The molecule has 0 aliphatic carbocycles. The largest absolute Gasteiger partial charge is 0.356 e. The number of hydrogen-bond donors (Lipinski definition) is 1. The molecule has 0 aromatic rings. The Bertz CT molecular complexity index is 155. The Morgan fingerprint density at radius 1 is 1.80 bits per heavy atom. The maximum absolute atomic E-state index is 10.2. The van der Waals surface area contributed by atoms with E-state index in [4.69, 9.17) is 0 Å². The van der Waals surface area contributed by atoms with Crippen LogP contribution in [0.5, 0.6) is 0 Å². The second-order valence-electron chi connectivity index (χ2n) is 2.20. The molecule has 0 saturated heterocycles. The van der Waals surface area contributed by atoms with Crippen molar-refractivity contribution in [3.8, 4) is 0 Å². The van der Waals surface area contributed by atoms with Gasteiger partial charge < -0.3 is 5.32 Å². The first kappa shape index (κ1) is 7.05. The van der Waals surface area contributed by atoms with Crippen molar-refractivity contribution >= 4 is 12.4 Å². The van der Waals surface area contributed by atoms with Gasteiger partial charge in [-0.15, -0.1) is 0 Å². The van der Waals surface area contributed by atoms with E-state index in [0.29, 0.717) is 5.96 Å². The number of carbonyl (C=O) groups excluding carboxylic acids is 1. The molecule has 1 heterocycles. The maximum atomic E-state index is 10.2. The average molecular weight is 141 g/mol. The highest BCUT2D eigenvalue weighted by molar-refractivity contribution is 5.88. The van der Waals surface area contributed by atoms with Gasteiger partial charge >= 0.3 is 0 Å². The Hall–Kier alpha value is -1.06. The van der Waals surface area contributed by atoms with E-state index in [1.165, 1.54) is 4.90 Å². The van der Waals surface area contributed by atoms with Gasteiger partial charge in [0.2, 0.25) is 6.41 Å². The first-order valence-corrected chi connectivity index (χ1v) is 3.31. The molecular weight excluding hydrogens is 130 g/mol. The third-order valence-electron chi connectivity index (χ3n) is 1.37. The van der Waals surface area contributed by atoms with Gasteiger partial charge in [-0.05, 0) is 6.42 Å². The van der Waals surface area contributed by atoms with Gasteiger partial charge in [0.15, 0.2) is 5.96 Å². The van der Waals surface area contributed by atoms with E-state index in [0.717, 1.165) is 25.9 Å². The van der Waals surface area contributed by atoms with Crippen LogP contribution in [-0.4, -0.2) is 37.4 Å². The lowest BCUT2D eigenvalue weighted by Gasteiger charge is -2.19. The number of nitrogens with zero attached hydrogens (tertiary/aromatic N) is 2. The fourth-order valence-electron chi connectivity index (χ4n) is 0.806. The monoisotopic (exact) mass is 141 g/mol. The van der Waals surface area contributed by atoms with Crippen LogP contribution in [0.2, 0.25) is 0 Å². The molecule has 0 aromatic carbocycles. The Morgan fingerprint density at radius 2 is 2.60 bits per heavy atom. The normalized spacial score (nSPS) is 17.1. The summed E-state index contributed by atoms with van der Waals surface area (Å²) in [4.78, 5) is 15.8. The number of nitrogens with one attached hydrogen (secondary N) is 1. The van der Waals surface area contributed by atoms with E-state index in [9.17, 15) is 4.79 Å². The molecule has 1 N–H and O–H groups in total. The second-order valence-corrected chi connectivity index (χ2v) is 2.20. The van der Waals surface area contributed by atoms with E-state index in [1.54, 1.807) is 7.05 Å². The van der Waals surface area contributed by atoms with Crippen molar-refractivity contribution in [2.24, 2.45) is 4.99 Å². The molecule has 1 aliphatic heterocycles. The van der Waals surface area contributed by atoms with Gasteiger partial charge in [-0.3, -0.25) is 14.7 Å². The molecule has 4 heteroatoms. The highest BCUT2D eigenvalue weighted by Gasteiger charge is 2.06. The van der Waals surface area contributed by atoms with Gasteiger partial charge in [0.25, 0.3) is 0 Å². The number of hydrogen-bond acceptors (Lipinski definition) is 3. The second kappa shape index (κ2) is 3.20. The molecule has 0 saturated carbocycles. The molecule has 0 radical (unpaired) electrons. The SMILES string of the molecule is CN(C=O)C1=NCCCN1. The summed E-state index contributed by atoms with van der Waals surface area (Å²) in [6.07, 6.45) is 1.80. The van der Waals surface area contributed by atoms with Crippen molar-refractivity contribution in [3.63, 3.8) is 0 Å². The summed E-state index contributed by atoms with van der Waals surface area (Å²) in [6, 6.07) is 0. The zero-order valence-corrected chi connectivity index (χ0v) is 6.00. The Morgan fingerprint density at radius 3 is 3.10 bits per heavy atom. The number of carbonyl (C=O) groups is 1. The molecule has 4 nitrogen and oxygen atoms in total. The summed E-state index contributed by atoms with van der Waals surface area (Å²) >= 11 is 0. The van der Waals surface area contributed by atoms with E-state index in [2.05, 4.69) is 10.3 Å². The van der Waals surface area contributed by atoms with Crippen molar-refractivity contribution in [2.75, 3.05) is 20.1 Å². The quantitative estimate of drug-likeness (QED) is 0.497.